The number of aliphatic imine (C=N–C) groups is 1. The zero-order valence-electron chi connectivity index (χ0n) is 15.7. The summed E-state index contributed by atoms with van der Waals surface area (Å²) in [5.74, 6) is 0.951. The quantitative estimate of drug-likeness (QED) is 0.646. The standard InChI is InChI=1S/C17H30N4O3.HI/c1-16(2,3)24-15(22)20-8-9-21-13(11-20)10-18-14(21)19-12-17(23-4)6-5-7-17;/h13H,5-12H2,1-4H3,(H,18,19);1H. The first-order valence-electron chi connectivity index (χ1n) is 8.90. The van der Waals surface area contributed by atoms with Crippen LogP contribution in [0.2, 0.25) is 0 Å². The average molecular weight is 466 g/mol. The number of methoxy groups -OCH3 is 1. The summed E-state index contributed by atoms with van der Waals surface area (Å²) in [5, 5.41) is 3.47. The first-order chi connectivity index (χ1) is 11.3. The number of rotatable bonds is 3. The fourth-order valence-electron chi connectivity index (χ4n) is 3.49. The van der Waals surface area contributed by atoms with Gasteiger partial charge in [-0.1, -0.05) is 0 Å². The Morgan fingerprint density at radius 3 is 2.64 bits per heavy atom. The van der Waals surface area contributed by atoms with Crippen molar-refractivity contribution in [3.05, 3.63) is 0 Å². The number of ether oxygens (including phenoxy) is 2. The minimum atomic E-state index is -0.454. The summed E-state index contributed by atoms with van der Waals surface area (Å²) in [6.45, 7) is 9.34. The van der Waals surface area contributed by atoms with Crippen molar-refractivity contribution in [1.29, 1.82) is 0 Å². The molecule has 144 valence electrons. The number of carbonyl (C=O) groups excluding carboxylic acids is 1. The number of fused-ring (bicyclic) bond motifs is 1. The van der Waals surface area contributed by atoms with Crippen LogP contribution in [0, 0.1) is 0 Å². The van der Waals surface area contributed by atoms with Crippen molar-refractivity contribution in [3.8, 4) is 0 Å². The highest BCUT2D eigenvalue weighted by Crippen LogP contribution is 2.34. The van der Waals surface area contributed by atoms with E-state index in [4.69, 9.17) is 9.47 Å². The second-order valence-electron chi connectivity index (χ2n) is 8.03. The first kappa shape index (κ1) is 20.5. The molecule has 1 saturated carbocycles. The van der Waals surface area contributed by atoms with E-state index in [9.17, 15) is 4.79 Å². The highest BCUT2D eigenvalue weighted by Gasteiger charge is 2.40. The lowest BCUT2D eigenvalue weighted by atomic mass is 9.80. The molecule has 2 fully saturated rings. The van der Waals surface area contributed by atoms with Crippen LogP contribution in [-0.4, -0.2) is 78.9 Å². The molecular weight excluding hydrogens is 435 g/mol. The molecule has 25 heavy (non-hydrogen) atoms. The van der Waals surface area contributed by atoms with Gasteiger partial charge in [-0.2, -0.15) is 0 Å². The third-order valence-electron chi connectivity index (χ3n) is 5.12. The second kappa shape index (κ2) is 7.85. The fraction of sp³-hybridized carbons (Fsp3) is 0.882. The molecule has 1 unspecified atom stereocenters. The van der Waals surface area contributed by atoms with Gasteiger partial charge in [0.25, 0.3) is 0 Å². The Balaban J connectivity index is 0.00000225. The topological polar surface area (TPSA) is 66.4 Å². The lowest BCUT2D eigenvalue weighted by molar-refractivity contribution is -0.0669. The zero-order valence-corrected chi connectivity index (χ0v) is 18.0. The SMILES string of the molecule is COC1(CNC2=NCC3CN(C(=O)OC(C)(C)C)CCN23)CCC1.I. The van der Waals surface area contributed by atoms with E-state index in [0.717, 1.165) is 38.4 Å². The Bertz CT molecular complexity index is 511. The summed E-state index contributed by atoms with van der Waals surface area (Å²) >= 11 is 0. The van der Waals surface area contributed by atoms with E-state index < -0.39 is 5.60 Å². The molecule has 0 aromatic heterocycles. The lowest BCUT2D eigenvalue weighted by Gasteiger charge is -2.42. The van der Waals surface area contributed by atoms with Crippen LogP contribution in [0.5, 0.6) is 0 Å². The summed E-state index contributed by atoms with van der Waals surface area (Å²) in [6, 6.07) is 0.244. The third-order valence-corrected chi connectivity index (χ3v) is 5.12. The molecule has 0 aromatic carbocycles. The Morgan fingerprint density at radius 1 is 1.36 bits per heavy atom. The average Bonchev–Trinajstić information content (AvgIpc) is 2.87. The van der Waals surface area contributed by atoms with Crippen LogP contribution >= 0.6 is 24.0 Å². The molecule has 1 amide bonds. The van der Waals surface area contributed by atoms with Gasteiger partial charge in [0.05, 0.1) is 18.2 Å². The van der Waals surface area contributed by atoms with Crippen molar-refractivity contribution in [2.24, 2.45) is 4.99 Å². The minimum absolute atomic E-state index is 0. The molecule has 8 heteroatoms. The molecule has 2 aliphatic heterocycles. The van der Waals surface area contributed by atoms with E-state index in [0.29, 0.717) is 13.1 Å². The van der Waals surface area contributed by atoms with Gasteiger partial charge in [-0.05, 0) is 40.0 Å². The van der Waals surface area contributed by atoms with E-state index in [1.807, 2.05) is 20.8 Å². The fourth-order valence-corrected chi connectivity index (χ4v) is 3.49. The number of amides is 1. The van der Waals surface area contributed by atoms with Crippen molar-refractivity contribution in [3.63, 3.8) is 0 Å². The minimum Gasteiger partial charge on any atom is -0.444 e. The predicted octanol–water partition coefficient (Wildman–Crippen LogP) is 2.05. The Hall–Kier alpha value is -0.770. The second-order valence-corrected chi connectivity index (χ2v) is 8.03. The number of piperazine rings is 1. The number of carbonyl (C=O) groups is 1. The van der Waals surface area contributed by atoms with Gasteiger partial charge in [-0.15, -0.1) is 24.0 Å². The largest absolute Gasteiger partial charge is 0.444 e. The van der Waals surface area contributed by atoms with E-state index in [2.05, 4.69) is 15.2 Å². The van der Waals surface area contributed by atoms with Gasteiger partial charge >= 0.3 is 6.09 Å². The molecule has 0 bridgehead atoms. The molecule has 3 rings (SSSR count). The molecule has 0 radical (unpaired) electrons. The van der Waals surface area contributed by atoms with Gasteiger partial charge in [0.15, 0.2) is 5.96 Å². The summed E-state index contributed by atoms with van der Waals surface area (Å²) in [6.07, 6.45) is 3.23. The summed E-state index contributed by atoms with van der Waals surface area (Å²) in [4.78, 5) is 21.0. The lowest BCUT2D eigenvalue weighted by Crippen LogP contribution is -2.59. The van der Waals surface area contributed by atoms with E-state index in [1.54, 1.807) is 12.0 Å². The normalized spacial score (nSPS) is 24.6. The highest BCUT2D eigenvalue weighted by atomic mass is 127. The van der Waals surface area contributed by atoms with Crippen molar-refractivity contribution < 1.29 is 14.3 Å². The Kier molecular flexibility index (Phi) is 6.45. The molecule has 1 aliphatic carbocycles. The maximum absolute atomic E-state index is 12.2. The molecule has 1 atom stereocenters. The Morgan fingerprint density at radius 2 is 2.08 bits per heavy atom. The maximum atomic E-state index is 12.2. The smallest absolute Gasteiger partial charge is 0.410 e. The number of hydrogen-bond donors (Lipinski definition) is 1. The van der Waals surface area contributed by atoms with Gasteiger partial charge in [-0.25, -0.2) is 4.79 Å². The van der Waals surface area contributed by atoms with Crippen LogP contribution in [0.25, 0.3) is 0 Å². The van der Waals surface area contributed by atoms with Crippen molar-refractivity contribution in [2.75, 3.05) is 39.8 Å². The molecular formula is C17H31IN4O3. The monoisotopic (exact) mass is 466 g/mol. The number of nitrogens with one attached hydrogen (secondary N) is 1. The van der Waals surface area contributed by atoms with Crippen LogP contribution in [0.3, 0.4) is 0 Å². The van der Waals surface area contributed by atoms with Crippen molar-refractivity contribution in [2.45, 2.75) is 57.3 Å². The summed E-state index contributed by atoms with van der Waals surface area (Å²) in [5.41, 5.74) is -0.469. The highest BCUT2D eigenvalue weighted by molar-refractivity contribution is 14.0. The van der Waals surface area contributed by atoms with Crippen LogP contribution in [0.15, 0.2) is 4.99 Å². The summed E-state index contributed by atoms with van der Waals surface area (Å²) < 4.78 is 11.1. The molecule has 0 aromatic rings. The zero-order chi connectivity index (χ0) is 17.4. The number of halogens is 1. The maximum Gasteiger partial charge on any atom is 0.410 e. The van der Waals surface area contributed by atoms with Gasteiger partial charge in [0, 0.05) is 33.3 Å². The van der Waals surface area contributed by atoms with E-state index >= 15 is 0 Å². The van der Waals surface area contributed by atoms with E-state index in [-0.39, 0.29) is 41.7 Å². The molecule has 1 N–H and O–H groups in total. The van der Waals surface area contributed by atoms with E-state index in [1.165, 1.54) is 6.42 Å². The molecule has 3 aliphatic rings. The number of nitrogens with zero attached hydrogens (tertiary/aromatic N) is 3. The Labute approximate surface area is 167 Å². The number of guanidine groups is 1. The molecule has 0 spiro atoms. The van der Waals surface area contributed by atoms with Crippen LogP contribution in [0.4, 0.5) is 4.79 Å². The molecule has 7 nitrogen and oxygen atoms in total. The van der Waals surface area contributed by atoms with Gasteiger partial charge in [-0.3, -0.25) is 4.99 Å². The third kappa shape index (κ3) is 4.69. The summed E-state index contributed by atoms with van der Waals surface area (Å²) in [7, 11) is 1.79. The molecule has 1 saturated heterocycles. The van der Waals surface area contributed by atoms with Crippen molar-refractivity contribution >= 4 is 36.0 Å². The predicted molar refractivity (Wildman–Crippen MR) is 108 cm³/mol. The van der Waals surface area contributed by atoms with Crippen LogP contribution < -0.4 is 5.32 Å². The van der Waals surface area contributed by atoms with Gasteiger partial charge in [0.2, 0.25) is 0 Å². The van der Waals surface area contributed by atoms with Gasteiger partial charge < -0.3 is 24.6 Å². The van der Waals surface area contributed by atoms with Crippen LogP contribution in [0.1, 0.15) is 40.0 Å². The van der Waals surface area contributed by atoms with Gasteiger partial charge in [0.1, 0.15) is 5.60 Å². The molecule has 2 heterocycles. The number of hydrogen-bond acceptors (Lipinski definition) is 6. The van der Waals surface area contributed by atoms with Crippen LogP contribution in [-0.2, 0) is 9.47 Å². The van der Waals surface area contributed by atoms with Crippen molar-refractivity contribution in [1.82, 2.24) is 15.1 Å². The first-order valence-corrected chi connectivity index (χ1v) is 8.90.